The van der Waals surface area contributed by atoms with Crippen molar-refractivity contribution in [1.82, 2.24) is 20.5 Å². The first kappa shape index (κ1) is 11.8. The molecular weight excluding hydrogens is 216 g/mol. The van der Waals surface area contributed by atoms with Crippen LogP contribution in [-0.2, 0) is 11.2 Å². The van der Waals surface area contributed by atoms with Gasteiger partial charge in [0.2, 0.25) is 5.91 Å². The van der Waals surface area contributed by atoms with Gasteiger partial charge >= 0.3 is 0 Å². The Bertz CT molecular complexity index is 372. The number of amides is 1. The number of allylic oxidation sites excluding steroid dienone is 2. The molecule has 0 saturated carbocycles. The summed E-state index contributed by atoms with van der Waals surface area (Å²) in [6.07, 6.45) is 10.4. The number of H-pyrrole nitrogens is 1. The normalized spacial score (nSPS) is 18.5. The summed E-state index contributed by atoms with van der Waals surface area (Å²) in [6.45, 7) is 0.704. The van der Waals surface area contributed by atoms with Crippen molar-refractivity contribution in [3.8, 4) is 0 Å². The number of rotatable bonds is 6. The summed E-state index contributed by atoms with van der Waals surface area (Å²) in [5, 5.41) is 9.51. The number of carbonyl (C=O) groups excluding carboxylic acids is 1. The van der Waals surface area contributed by atoms with Gasteiger partial charge in [-0.2, -0.15) is 5.10 Å². The molecule has 1 atom stereocenters. The van der Waals surface area contributed by atoms with E-state index in [0.717, 1.165) is 31.5 Å². The maximum Gasteiger partial charge on any atom is 0.220 e. The lowest BCUT2D eigenvalue weighted by Crippen LogP contribution is -2.26. The summed E-state index contributed by atoms with van der Waals surface area (Å²) >= 11 is 0. The highest BCUT2D eigenvalue weighted by Crippen LogP contribution is 2.19. The van der Waals surface area contributed by atoms with Gasteiger partial charge in [0.05, 0.1) is 0 Å². The Hall–Kier alpha value is -1.65. The van der Waals surface area contributed by atoms with Crippen molar-refractivity contribution in [2.24, 2.45) is 5.92 Å². The first-order chi connectivity index (χ1) is 8.34. The van der Waals surface area contributed by atoms with E-state index in [9.17, 15) is 4.79 Å². The maximum atomic E-state index is 11.6. The van der Waals surface area contributed by atoms with Crippen LogP contribution in [0.1, 0.15) is 31.5 Å². The van der Waals surface area contributed by atoms with Gasteiger partial charge in [0, 0.05) is 19.4 Å². The molecule has 0 aliphatic heterocycles. The first-order valence-corrected chi connectivity index (χ1v) is 6.12. The van der Waals surface area contributed by atoms with Crippen molar-refractivity contribution < 1.29 is 4.79 Å². The summed E-state index contributed by atoms with van der Waals surface area (Å²) in [4.78, 5) is 15.6. The maximum absolute atomic E-state index is 11.6. The summed E-state index contributed by atoms with van der Waals surface area (Å²) in [7, 11) is 0. The lowest BCUT2D eigenvalue weighted by atomic mass is 10.1. The highest BCUT2D eigenvalue weighted by Gasteiger charge is 2.13. The van der Waals surface area contributed by atoms with Gasteiger partial charge in [-0.25, -0.2) is 4.98 Å². The van der Waals surface area contributed by atoms with Crippen molar-refractivity contribution >= 4 is 5.91 Å². The fourth-order valence-electron chi connectivity index (χ4n) is 2.01. The molecule has 1 aromatic heterocycles. The molecule has 0 fully saturated rings. The van der Waals surface area contributed by atoms with Crippen molar-refractivity contribution in [2.45, 2.75) is 32.1 Å². The number of aromatic amines is 1. The molecule has 0 aromatic carbocycles. The predicted molar refractivity (Wildman–Crippen MR) is 64.2 cm³/mol. The third-order valence-electron chi connectivity index (χ3n) is 2.94. The highest BCUT2D eigenvalue weighted by atomic mass is 16.1. The van der Waals surface area contributed by atoms with Gasteiger partial charge in [0.1, 0.15) is 12.2 Å². The second-order valence-electron chi connectivity index (χ2n) is 4.36. The summed E-state index contributed by atoms with van der Waals surface area (Å²) in [5.41, 5.74) is 0. The van der Waals surface area contributed by atoms with Gasteiger partial charge < -0.3 is 5.32 Å². The minimum atomic E-state index is 0.152. The average Bonchev–Trinajstić information content (AvgIpc) is 2.96. The second-order valence-corrected chi connectivity index (χ2v) is 4.36. The smallest absolute Gasteiger partial charge is 0.220 e. The van der Waals surface area contributed by atoms with Crippen LogP contribution in [0, 0.1) is 5.92 Å². The monoisotopic (exact) mass is 234 g/mol. The van der Waals surface area contributed by atoms with Crippen LogP contribution in [0.2, 0.25) is 0 Å². The van der Waals surface area contributed by atoms with Crippen molar-refractivity contribution in [3.63, 3.8) is 0 Å². The van der Waals surface area contributed by atoms with E-state index in [4.69, 9.17) is 0 Å². The second kappa shape index (κ2) is 6.18. The van der Waals surface area contributed by atoms with E-state index in [2.05, 4.69) is 32.7 Å². The molecule has 1 aromatic rings. The van der Waals surface area contributed by atoms with Crippen molar-refractivity contribution in [2.75, 3.05) is 6.54 Å². The molecular formula is C12H18N4O. The van der Waals surface area contributed by atoms with E-state index in [1.165, 1.54) is 6.33 Å². The molecule has 1 heterocycles. The van der Waals surface area contributed by atoms with Gasteiger partial charge in [-0.15, -0.1) is 0 Å². The van der Waals surface area contributed by atoms with Crippen LogP contribution in [0.25, 0.3) is 0 Å². The van der Waals surface area contributed by atoms with E-state index < -0.39 is 0 Å². The Morgan fingerprint density at radius 3 is 3.24 bits per heavy atom. The molecule has 1 aliphatic rings. The fraction of sp³-hybridized carbons (Fsp3) is 0.583. The fourth-order valence-corrected chi connectivity index (χ4v) is 2.01. The third kappa shape index (κ3) is 4.01. The summed E-state index contributed by atoms with van der Waals surface area (Å²) in [5.74, 6) is 1.47. The van der Waals surface area contributed by atoms with Crippen LogP contribution in [0.5, 0.6) is 0 Å². The van der Waals surface area contributed by atoms with Crippen LogP contribution < -0.4 is 5.32 Å². The zero-order valence-corrected chi connectivity index (χ0v) is 9.85. The van der Waals surface area contributed by atoms with Crippen LogP contribution >= 0.6 is 0 Å². The summed E-state index contributed by atoms with van der Waals surface area (Å²) < 4.78 is 0. The number of nitrogens with zero attached hydrogens (tertiary/aromatic N) is 2. The molecule has 1 aliphatic carbocycles. The first-order valence-electron chi connectivity index (χ1n) is 6.12. The number of nitrogens with one attached hydrogen (secondary N) is 2. The van der Waals surface area contributed by atoms with Crippen molar-refractivity contribution in [3.05, 3.63) is 24.3 Å². The molecule has 5 nitrogen and oxygen atoms in total. The third-order valence-corrected chi connectivity index (χ3v) is 2.94. The van der Waals surface area contributed by atoms with Gasteiger partial charge in [-0.05, 0) is 25.2 Å². The number of hydrogen-bond donors (Lipinski definition) is 2. The van der Waals surface area contributed by atoms with Gasteiger partial charge in [0.15, 0.2) is 0 Å². The van der Waals surface area contributed by atoms with E-state index >= 15 is 0 Å². The Morgan fingerprint density at radius 2 is 2.53 bits per heavy atom. The molecule has 0 spiro atoms. The number of aromatic nitrogens is 3. The molecule has 92 valence electrons. The highest BCUT2D eigenvalue weighted by molar-refractivity contribution is 5.76. The molecule has 1 unspecified atom stereocenters. The lowest BCUT2D eigenvalue weighted by Gasteiger charge is -2.08. The van der Waals surface area contributed by atoms with Crippen molar-refractivity contribution in [1.29, 1.82) is 0 Å². The van der Waals surface area contributed by atoms with Gasteiger partial charge in [-0.3, -0.25) is 9.89 Å². The van der Waals surface area contributed by atoms with Gasteiger partial charge in [0.25, 0.3) is 0 Å². The van der Waals surface area contributed by atoms with Crippen LogP contribution in [0.15, 0.2) is 18.5 Å². The van der Waals surface area contributed by atoms with E-state index in [0.29, 0.717) is 18.9 Å². The lowest BCUT2D eigenvalue weighted by molar-refractivity contribution is -0.121. The SMILES string of the molecule is O=C(CC1C=CCC1)NCCCc1ncn[nH]1. The largest absolute Gasteiger partial charge is 0.356 e. The average molecular weight is 234 g/mol. The van der Waals surface area contributed by atoms with E-state index in [1.54, 1.807) is 0 Å². The molecule has 5 heteroatoms. The number of carbonyl (C=O) groups is 1. The molecule has 1 amide bonds. The zero-order chi connectivity index (χ0) is 11.9. The minimum Gasteiger partial charge on any atom is -0.356 e. The standard InChI is InChI=1S/C12H18N4O/c17-12(8-10-4-1-2-5-10)13-7-3-6-11-14-9-15-16-11/h1,4,9-10H,2-3,5-8H2,(H,13,17)(H,14,15,16). The molecule has 2 rings (SSSR count). The summed E-state index contributed by atoms with van der Waals surface area (Å²) in [6, 6.07) is 0. The Kier molecular flexibility index (Phi) is 4.30. The Balaban J connectivity index is 1.55. The topological polar surface area (TPSA) is 70.7 Å². The number of aryl methyl sites for hydroxylation is 1. The zero-order valence-electron chi connectivity index (χ0n) is 9.85. The molecule has 2 N–H and O–H groups in total. The Morgan fingerprint density at radius 1 is 1.59 bits per heavy atom. The molecule has 17 heavy (non-hydrogen) atoms. The number of hydrogen-bond acceptors (Lipinski definition) is 3. The molecule has 0 radical (unpaired) electrons. The van der Waals surface area contributed by atoms with Gasteiger partial charge in [-0.1, -0.05) is 12.2 Å². The molecule has 0 saturated heterocycles. The quantitative estimate of drug-likeness (QED) is 0.574. The Labute approximate surface area is 101 Å². The van der Waals surface area contributed by atoms with E-state index in [1.807, 2.05) is 0 Å². The predicted octanol–water partition coefficient (Wildman–Crippen LogP) is 1.21. The van der Waals surface area contributed by atoms with Crippen LogP contribution in [0.4, 0.5) is 0 Å². The minimum absolute atomic E-state index is 0.152. The molecule has 0 bridgehead atoms. The van der Waals surface area contributed by atoms with Crippen LogP contribution in [0.3, 0.4) is 0 Å². The van der Waals surface area contributed by atoms with Crippen LogP contribution in [-0.4, -0.2) is 27.6 Å². The van der Waals surface area contributed by atoms with E-state index in [-0.39, 0.29) is 5.91 Å².